The van der Waals surface area contributed by atoms with Gasteiger partial charge in [0.05, 0.1) is 17.1 Å². The number of anilines is 2. The zero-order chi connectivity index (χ0) is 14.8. The summed E-state index contributed by atoms with van der Waals surface area (Å²) >= 11 is 0. The molecule has 21 heavy (non-hydrogen) atoms. The van der Waals surface area contributed by atoms with Gasteiger partial charge >= 0.3 is 0 Å². The molecule has 0 atom stereocenters. The van der Waals surface area contributed by atoms with Gasteiger partial charge in [0.15, 0.2) is 5.69 Å². The van der Waals surface area contributed by atoms with E-state index in [1.165, 1.54) is 0 Å². The van der Waals surface area contributed by atoms with Crippen LogP contribution in [0.1, 0.15) is 16.1 Å². The van der Waals surface area contributed by atoms with Crippen molar-refractivity contribution in [1.29, 1.82) is 5.26 Å². The number of aromatic nitrogens is 2. The van der Waals surface area contributed by atoms with E-state index in [-0.39, 0.29) is 11.6 Å². The molecule has 0 aliphatic heterocycles. The van der Waals surface area contributed by atoms with Gasteiger partial charge in [0.25, 0.3) is 5.91 Å². The van der Waals surface area contributed by atoms with Crippen LogP contribution in [0.4, 0.5) is 11.4 Å². The highest BCUT2D eigenvalue weighted by Crippen LogP contribution is 2.20. The van der Waals surface area contributed by atoms with E-state index < -0.39 is 0 Å². The van der Waals surface area contributed by atoms with Crippen LogP contribution in [0.3, 0.4) is 0 Å². The fourth-order valence-corrected chi connectivity index (χ4v) is 2.02. The molecule has 2 aromatic carbocycles. The van der Waals surface area contributed by atoms with Crippen molar-refractivity contribution in [3.05, 3.63) is 53.7 Å². The van der Waals surface area contributed by atoms with E-state index in [1.54, 1.807) is 42.5 Å². The molecule has 0 radical (unpaired) electrons. The zero-order valence-electron chi connectivity index (χ0n) is 10.9. The molecule has 1 amide bonds. The molecule has 0 saturated heterocycles. The summed E-state index contributed by atoms with van der Waals surface area (Å²) in [4.78, 5) is 12.3. The molecule has 1 heterocycles. The summed E-state index contributed by atoms with van der Waals surface area (Å²) < 4.78 is 0. The second kappa shape index (κ2) is 4.98. The summed E-state index contributed by atoms with van der Waals surface area (Å²) in [5.41, 5.74) is 8.45. The summed E-state index contributed by atoms with van der Waals surface area (Å²) in [6.07, 6.45) is 0. The predicted molar refractivity (Wildman–Crippen MR) is 79.6 cm³/mol. The lowest BCUT2D eigenvalue weighted by Gasteiger charge is -2.03. The van der Waals surface area contributed by atoms with Gasteiger partial charge in [-0.3, -0.25) is 9.89 Å². The van der Waals surface area contributed by atoms with Crippen molar-refractivity contribution < 1.29 is 4.79 Å². The number of benzene rings is 2. The molecule has 0 bridgehead atoms. The standard InChI is InChI=1S/C15H11N5O/c16-8-9-1-4-11(5-2-9)18-15(21)14-12-7-10(17)3-6-13(12)19-20-14/h1-7H,17H2,(H,18,21)(H,19,20). The maximum absolute atomic E-state index is 12.3. The Labute approximate surface area is 120 Å². The van der Waals surface area contributed by atoms with E-state index in [0.29, 0.717) is 22.3 Å². The molecule has 0 fully saturated rings. The molecule has 6 heteroatoms. The molecule has 0 aliphatic carbocycles. The first kappa shape index (κ1) is 12.7. The number of hydrogen-bond acceptors (Lipinski definition) is 4. The quantitative estimate of drug-likeness (QED) is 0.624. The second-order valence-corrected chi connectivity index (χ2v) is 4.52. The first-order valence-corrected chi connectivity index (χ1v) is 6.22. The summed E-state index contributed by atoms with van der Waals surface area (Å²) in [5.74, 6) is -0.337. The lowest BCUT2D eigenvalue weighted by atomic mass is 10.1. The Morgan fingerprint density at radius 1 is 1.24 bits per heavy atom. The SMILES string of the molecule is N#Cc1ccc(NC(=O)c2n[nH]c3ccc(N)cc23)cc1. The Balaban J connectivity index is 1.90. The highest BCUT2D eigenvalue weighted by Gasteiger charge is 2.14. The van der Waals surface area contributed by atoms with Gasteiger partial charge in [0.2, 0.25) is 0 Å². The van der Waals surface area contributed by atoms with Crippen LogP contribution >= 0.6 is 0 Å². The molecule has 0 unspecified atom stereocenters. The van der Waals surface area contributed by atoms with Crippen LogP contribution in [0.2, 0.25) is 0 Å². The average Bonchev–Trinajstić information content (AvgIpc) is 2.91. The van der Waals surface area contributed by atoms with Gasteiger partial charge < -0.3 is 11.1 Å². The number of rotatable bonds is 2. The highest BCUT2D eigenvalue weighted by molar-refractivity contribution is 6.11. The summed E-state index contributed by atoms with van der Waals surface area (Å²) in [7, 11) is 0. The van der Waals surface area contributed by atoms with Crippen molar-refractivity contribution in [1.82, 2.24) is 10.2 Å². The molecule has 4 N–H and O–H groups in total. The number of nitrogens with zero attached hydrogens (tertiary/aromatic N) is 2. The van der Waals surface area contributed by atoms with Crippen molar-refractivity contribution in [3.63, 3.8) is 0 Å². The number of nitriles is 1. The maximum Gasteiger partial charge on any atom is 0.276 e. The Bertz CT molecular complexity index is 858. The van der Waals surface area contributed by atoms with Crippen molar-refractivity contribution in [2.45, 2.75) is 0 Å². The van der Waals surface area contributed by atoms with Crippen molar-refractivity contribution in [2.75, 3.05) is 11.1 Å². The van der Waals surface area contributed by atoms with Crippen molar-refractivity contribution in [3.8, 4) is 6.07 Å². The number of nitrogen functional groups attached to an aromatic ring is 1. The largest absolute Gasteiger partial charge is 0.399 e. The minimum Gasteiger partial charge on any atom is -0.399 e. The number of carbonyl (C=O) groups is 1. The molecule has 0 aliphatic rings. The van der Waals surface area contributed by atoms with E-state index in [0.717, 1.165) is 5.52 Å². The Hall–Kier alpha value is -3.33. The van der Waals surface area contributed by atoms with Gasteiger partial charge in [-0.15, -0.1) is 0 Å². The van der Waals surface area contributed by atoms with Crippen LogP contribution in [-0.2, 0) is 0 Å². The number of amides is 1. The van der Waals surface area contributed by atoms with Crippen LogP contribution in [0, 0.1) is 11.3 Å². The summed E-state index contributed by atoms with van der Waals surface area (Å²) in [6.45, 7) is 0. The highest BCUT2D eigenvalue weighted by atomic mass is 16.1. The number of nitrogens with one attached hydrogen (secondary N) is 2. The Morgan fingerprint density at radius 3 is 2.71 bits per heavy atom. The fourth-order valence-electron chi connectivity index (χ4n) is 2.02. The monoisotopic (exact) mass is 277 g/mol. The van der Waals surface area contributed by atoms with Gasteiger partial charge in [-0.25, -0.2) is 0 Å². The first-order chi connectivity index (χ1) is 10.2. The third-order valence-electron chi connectivity index (χ3n) is 3.07. The minimum atomic E-state index is -0.337. The van der Waals surface area contributed by atoms with Crippen molar-refractivity contribution >= 4 is 28.2 Å². The zero-order valence-corrected chi connectivity index (χ0v) is 10.9. The van der Waals surface area contributed by atoms with Gasteiger partial charge in [-0.1, -0.05) is 0 Å². The van der Waals surface area contributed by atoms with Crippen LogP contribution in [-0.4, -0.2) is 16.1 Å². The van der Waals surface area contributed by atoms with Crippen LogP contribution < -0.4 is 11.1 Å². The van der Waals surface area contributed by atoms with E-state index in [9.17, 15) is 4.79 Å². The normalized spacial score (nSPS) is 10.2. The Morgan fingerprint density at radius 2 is 2.00 bits per heavy atom. The van der Waals surface area contributed by atoms with E-state index in [1.807, 2.05) is 6.07 Å². The third kappa shape index (κ3) is 2.40. The molecule has 1 aromatic heterocycles. The number of hydrogen-bond donors (Lipinski definition) is 3. The van der Waals surface area contributed by atoms with Gasteiger partial charge in [-0.2, -0.15) is 10.4 Å². The van der Waals surface area contributed by atoms with E-state index in [4.69, 9.17) is 11.0 Å². The van der Waals surface area contributed by atoms with Crippen LogP contribution in [0.5, 0.6) is 0 Å². The lowest BCUT2D eigenvalue weighted by Crippen LogP contribution is -2.12. The smallest absolute Gasteiger partial charge is 0.276 e. The number of aromatic amines is 1. The minimum absolute atomic E-state index is 0.279. The van der Waals surface area contributed by atoms with Gasteiger partial charge in [0, 0.05) is 16.8 Å². The third-order valence-corrected chi connectivity index (χ3v) is 3.07. The summed E-state index contributed by atoms with van der Waals surface area (Å²) in [6, 6.07) is 13.8. The molecular weight excluding hydrogens is 266 g/mol. The van der Waals surface area contributed by atoms with Crippen LogP contribution in [0.15, 0.2) is 42.5 Å². The average molecular weight is 277 g/mol. The van der Waals surface area contributed by atoms with Crippen molar-refractivity contribution in [2.24, 2.45) is 0 Å². The first-order valence-electron chi connectivity index (χ1n) is 6.22. The molecule has 0 saturated carbocycles. The molecule has 3 rings (SSSR count). The number of nitrogens with two attached hydrogens (primary N) is 1. The molecule has 102 valence electrons. The van der Waals surface area contributed by atoms with Gasteiger partial charge in [-0.05, 0) is 42.5 Å². The second-order valence-electron chi connectivity index (χ2n) is 4.52. The predicted octanol–water partition coefficient (Wildman–Crippen LogP) is 2.27. The fraction of sp³-hybridized carbons (Fsp3) is 0. The molecular formula is C15H11N5O. The number of H-pyrrole nitrogens is 1. The van der Waals surface area contributed by atoms with E-state index in [2.05, 4.69) is 15.5 Å². The topological polar surface area (TPSA) is 108 Å². The molecule has 0 spiro atoms. The lowest BCUT2D eigenvalue weighted by molar-refractivity contribution is 0.102. The van der Waals surface area contributed by atoms with Crippen LogP contribution in [0.25, 0.3) is 10.9 Å². The number of fused-ring (bicyclic) bond motifs is 1. The van der Waals surface area contributed by atoms with Gasteiger partial charge in [0.1, 0.15) is 0 Å². The Kier molecular flexibility index (Phi) is 3.01. The summed E-state index contributed by atoms with van der Waals surface area (Å²) in [5, 5.41) is 19.0. The number of carbonyl (C=O) groups excluding carboxylic acids is 1. The maximum atomic E-state index is 12.3. The molecule has 6 nitrogen and oxygen atoms in total. The molecule has 3 aromatic rings. The van der Waals surface area contributed by atoms with E-state index >= 15 is 0 Å².